The van der Waals surface area contributed by atoms with Crippen LogP contribution in [0.4, 0.5) is 4.39 Å². The molecule has 0 radical (unpaired) electrons. The molecule has 0 aliphatic rings. The quantitative estimate of drug-likeness (QED) is 0.735. The lowest BCUT2D eigenvalue weighted by Crippen LogP contribution is -2.18. The van der Waals surface area contributed by atoms with Crippen molar-refractivity contribution in [2.75, 3.05) is 0 Å². The molecule has 3 N–H and O–H groups in total. The van der Waals surface area contributed by atoms with Gasteiger partial charge < -0.3 is 10.7 Å². The lowest BCUT2D eigenvalue weighted by molar-refractivity contribution is 0.629. The number of halogens is 1. The number of hydrogen-bond donors (Lipinski definition) is 2. The van der Waals surface area contributed by atoms with E-state index < -0.39 is 11.5 Å². The summed E-state index contributed by atoms with van der Waals surface area (Å²) in [4.78, 5) is 17.4. The van der Waals surface area contributed by atoms with E-state index in [2.05, 4.69) is 9.97 Å². The zero-order valence-electron chi connectivity index (χ0n) is 8.12. The first-order valence-corrected chi connectivity index (χ1v) is 4.53. The molecule has 1 atom stereocenters. The van der Waals surface area contributed by atoms with Gasteiger partial charge in [0.25, 0.3) is 0 Å². The van der Waals surface area contributed by atoms with Gasteiger partial charge in [0.2, 0.25) is 0 Å². The number of aromatic nitrogens is 2. The zero-order chi connectivity index (χ0) is 11.0. The van der Waals surface area contributed by atoms with Gasteiger partial charge in [0, 0.05) is 23.2 Å². The molecule has 15 heavy (non-hydrogen) atoms. The molecule has 0 saturated carbocycles. The standard InChI is InChI=1S/C10H10FN3O/c1-5(12)9-7-3-2-6(11)4-8(7)13-10(15)14-9/h2-5H,12H2,1H3,(H,13,14,15). The van der Waals surface area contributed by atoms with E-state index in [-0.39, 0.29) is 6.04 Å². The van der Waals surface area contributed by atoms with Gasteiger partial charge in [-0.3, -0.25) is 0 Å². The van der Waals surface area contributed by atoms with E-state index in [0.717, 1.165) is 0 Å². The highest BCUT2D eigenvalue weighted by Gasteiger charge is 2.08. The molecule has 2 rings (SSSR count). The molecule has 1 unspecified atom stereocenters. The van der Waals surface area contributed by atoms with Crippen molar-refractivity contribution >= 4 is 10.9 Å². The van der Waals surface area contributed by atoms with Gasteiger partial charge in [0.1, 0.15) is 5.82 Å². The minimum Gasteiger partial charge on any atom is -0.323 e. The maximum absolute atomic E-state index is 12.9. The summed E-state index contributed by atoms with van der Waals surface area (Å²) in [5.74, 6) is -0.420. The smallest absolute Gasteiger partial charge is 0.323 e. The van der Waals surface area contributed by atoms with E-state index in [1.54, 1.807) is 13.0 Å². The molecule has 0 amide bonds. The van der Waals surface area contributed by atoms with Crippen molar-refractivity contribution in [3.8, 4) is 0 Å². The number of nitrogens with one attached hydrogen (secondary N) is 1. The fraction of sp³-hybridized carbons (Fsp3) is 0.200. The topological polar surface area (TPSA) is 71.8 Å². The van der Waals surface area contributed by atoms with Crippen LogP contribution in [-0.2, 0) is 0 Å². The first-order chi connectivity index (χ1) is 7.08. The molecule has 1 aromatic carbocycles. The van der Waals surface area contributed by atoms with Gasteiger partial charge in [-0.25, -0.2) is 9.18 Å². The average molecular weight is 207 g/mol. The fourth-order valence-corrected chi connectivity index (χ4v) is 1.50. The van der Waals surface area contributed by atoms with Gasteiger partial charge in [-0.15, -0.1) is 0 Å². The van der Waals surface area contributed by atoms with Crippen molar-refractivity contribution in [1.82, 2.24) is 9.97 Å². The summed E-state index contributed by atoms with van der Waals surface area (Å²) in [7, 11) is 0. The Kier molecular flexibility index (Phi) is 2.24. The fourth-order valence-electron chi connectivity index (χ4n) is 1.50. The molecule has 1 aromatic heterocycles. The van der Waals surface area contributed by atoms with E-state index in [1.807, 2.05) is 0 Å². The molecule has 4 nitrogen and oxygen atoms in total. The Labute approximate surface area is 84.9 Å². The lowest BCUT2D eigenvalue weighted by Gasteiger charge is -2.08. The van der Waals surface area contributed by atoms with Gasteiger partial charge in [-0.05, 0) is 19.1 Å². The van der Waals surface area contributed by atoms with E-state index in [0.29, 0.717) is 16.6 Å². The van der Waals surface area contributed by atoms with Crippen LogP contribution in [0.1, 0.15) is 18.7 Å². The van der Waals surface area contributed by atoms with Gasteiger partial charge in [-0.1, -0.05) is 0 Å². The molecule has 0 bridgehead atoms. The maximum Gasteiger partial charge on any atom is 0.345 e. The number of fused-ring (bicyclic) bond motifs is 1. The number of rotatable bonds is 1. The Balaban J connectivity index is 2.86. The Morgan fingerprint density at radius 1 is 1.53 bits per heavy atom. The van der Waals surface area contributed by atoms with Gasteiger partial charge in [0.15, 0.2) is 0 Å². The summed E-state index contributed by atoms with van der Waals surface area (Å²) in [6.45, 7) is 1.74. The van der Waals surface area contributed by atoms with Crippen LogP contribution >= 0.6 is 0 Å². The van der Waals surface area contributed by atoms with E-state index in [1.165, 1.54) is 12.1 Å². The SMILES string of the molecule is CC(N)c1[nH]c(=O)nc2cc(F)ccc12. The highest BCUT2D eigenvalue weighted by Crippen LogP contribution is 2.18. The molecular weight excluding hydrogens is 197 g/mol. The van der Waals surface area contributed by atoms with Crippen LogP contribution in [0.15, 0.2) is 23.0 Å². The number of nitrogens with two attached hydrogens (primary N) is 1. The van der Waals surface area contributed by atoms with Crippen molar-refractivity contribution in [3.63, 3.8) is 0 Å². The maximum atomic E-state index is 12.9. The Bertz CT molecular complexity index is 562. The van der Waals surface area contributed by atoms with Crippen molar-refractivity contribution < 1.29 is 4.39 Å². The minimum absolute atomic E-state index is 0.325. The average Bonchev–Trinajstić information content (AvgIpc) is 2.15. The number of H-pyrrole nitrogens is 1. The molecule has 0 aliphatic carbocycles. The summed E-state index contributed by atoms with van der Waals surface area (Å²) in [6, 6.07) is 3.77. The van der Waals surface area contributed by atoms with Crippen molar-refractivity contribution in [1.29, 1.82) is 0 Å². The number of aromatic amines is 1. The van der Waals surface area contributed by atoms with Crippen LogP contribution in [0.3, 0.4) is 0 Å². The van der Waals surface area contributed by atoms with Gasteiger partial charge in [0.05, 0.1) is 5.52 Å². The van der Waals surface area contributed by atoms with E-state index in [4.69, 9.17) is 5.73 Å². The van der Waals surface area contributed by atoms with Crippen molar-refractivity contribution in [2.24, 2.45) is 5.73 Å². The summed E-state index contributed by atoms with van der Waals surface area (Å²) < 4.78 is 12.9. The van der Waals surface area contributed by atoms with E-state index >= 15 is 0 Å². The summed E-state index contributed by atoms with van der Waals surface area (Å²) >= 11 is 0. The third kappa shape index (κ3) is 1.73. The van der Waals surface area contributed by atoms with Crippen LogP contribution in [0.2, 0.25) is 0 Å². The molecule has 78 valence electrons. The number of nitrogens with zero attached hydrogens (tertiary/aromatic N) is 1. The molecular formula is C10H10FN3O. The minimum atomic E-state index is -0.514. The molecule has 2 aromatic rings. The lowest BCUT2D eigenvalue weighted by atomic mass is 10.1. The molecule has 0 fully saturated rings. The summed E-state index contributed by atoms with van der Waals surface area (Å²) in [5.41, 5.74) is 6.08. The second-order valence-corrected chi connectivity index (χ2v) is 3.41. The Morgan fingerprint density at radius 2 is 2.27 bits per heavy atom. The third-order valence-corrected chi connectivity index (χ3v) is 2.17. The third-order valence-electron chi connectivity index (χ3n) is 2.17. The Hall–Kier alpha value is -1.75. The highest BCUT2D eigenvalue weighted by atomic mass is 19.1. The van der Waals surface area contributed by atoms with E-state index in [9.17, 15) is 9.18 Å². The molecule has 1 heterocycles. The second kappa shape index (κ2) is 3.43. The molecule has 5 heteroatoms. The number of benzene rings is 1. The zero-order valence-corrected chi connectivity index (χ0v) is 8.12. The normalized spacial score (nSPS) is 13.0. The Morgan fingerprint density at radius 3 is 2.93 bits per heavy atom. The monoisotopic (exact) mass is 207 g/mol. The largest absolute Gasteiger partial charge is 0.345 e. The van der Waals surface area contributed by atoms with Gasteiger partial charge in [-0.2, -0.15) is 4.98 Å². The van der Waals surface area contributed by atoms with Gasteiger partial charge >= 0.3 is 5.69 Å². The van der Waals surface area contributed by atoms with Crippen molar-refractivity contribution in [2.45, 2.75) is 13.0 Å². The summed E-state index contributed by atoms with van der Waals surface area (Å²) in [5, 5.41) is 0.672. The molecule has 0 aliphatic heterocycles. The first-order valence-electron chi connectivity index (χ1n) is 4.53. The van der Waals surface area contributed by atoms with Crippen LogP contribution in [0.5, 0.6) is 0 Å². The van der Waals surface area contributed by atoms with Crippen LogP contribution < -0.4 is 11.4 Å². The first kappa shape index (κ1) is 9.79. The molecule has 0 spiro atoms. The second-order valence-electron chi connectivity index (χ2n) is 3.41. The number of hydrogen-bond acceptors (Lipinski definition) is 3. The van der Waals surface area contributed by atoms with Crippen LogP contribution in [-0.4, -0.2) is 9.97 Å². The van der Waals surface area contributed by atoms with Crippen molar-refractivity contribution in [3.05, 3.63) is 40.2 Å². The predicted molar refractivity (Wildman–Crippen MR) is 54.9 cm³/mol. The highest BCUT2D eigenvalue weighted by molar-refractivity contribution is 5.80. The predicted octanol–water partition coefficient (Wildman–Crippen LogP) is 1.08. The van der Waals surface area contributed by atoms with Crippen LogP contribution in [0.25, 0.3) is 10.9 Å². The summed E-state index contributed by atoms with van der Waals surface area (Å²) in [6.07, 6.45) is 0. The van der Waals surface area contributed by atoms with Crippen LogP contribution in [0, 0.1) is 5.82 Å². The molecule has 0 saturated heterocycles.